The average Bonchev–Trinajstić information content (AvgIpc) is 2.38. The van der Waals surface area contributed by atoms with Gasteiger partial charge in [-0.3, -0.25) is 10.2 Å². The van der Waals surface area contributed by atoms with Crippen molar-refractivity contribution in [1.82, 2.24) is 10.4 Å². The van der Waals surface area contributed by atoms with Gasteiger partial charge in [0.2, 0.25) is 5.91 Å². The standard InChI is InChI=1S/C13H18FN3O/c14-12-3-1-10(2-4-12)9-16-17-7-5-11(6-8-17)13(15)18/h1-4,11,16H,5-9H2,(H2,15,18). The quantitative estimate of drug-likeness (QED) is 0.840. The molecule has 1 fully saturated rings. The van der Waals surface area contributed by atoms with Crippen LogP contribution in [-0.4, -0.2) is 24.0 Å². The van der Waals surface area contributed by atoms with Crippen molar-refractivity contribution in [2.45, 2.75) is 19.4 Å². The van der Waals surface area contributed by atoms with Crippen molar-refractivity contribution in [3.63, 3.8) is 0 Å². The summed E-state index contributed by atoms with van der Waals surface area (Å²) in [5.74, 6) is -0.414. The number of carbonyl (C=O) groups is 1. The minimum absolute atomic E-state index is 0.00821. The number of piperidine rings is 1. The molecule has 0 saturated carbocycles. The van der Waals surface area contributed by atoms with Crippen LogP contribution in [0.3, 0.4) is 0 Å². The Hall–Kier alpha value is -1.46. The molecule has 18 heavy (non-hydrogen) atoms. The van der Waals surface area contributed by atoms with Crippen molar-refractivity contribution in [2.24, 2.45) is 11.7 Å². The molecule has 1 saturated heterocycles. The lowest BCUT2D eigenvalue weighted by Gasteiger charge is -2.30. The van der Waals surface area contributed by atoms with Crippen LogP contribution in [0.4, 0.5) is 4.39 Å². The number of primary amides is 1. The first-order valence-corrected chi connectivity index (χ1v) is 6.17. The van der Waals surface area contributed by atoms with Crippen molar-refractivity contribution in [3.8, 4) is 0 Å². The lowest BCUT2D eigenvalue weighted by atomic mass is 9.97. The molecule has 0 atom stereocenters. The third kappa shape index (κ3) is 3.51. The number of amides is 1. The Balaban J connectivity index is 1.75. The highest BCUT2D eigenvalue weighted by molar-refractivity contribution is 5.76. The van der Waals surface area contributed by atoms with Gasteiger partial charge in [-0.15, -0.1) is 0 Å². The third-order valence-electron chi connectivity index (χ3n) is 3.32. The molecule has 2 rings (SSSR count). The number of nitrogens with one attached hydrogen (secondary N) is 1. The number of nitrogens with two attached hydrogens (primary N) is 1. The zero-order valence-corrected chi connectivity index (χ0v) is 10.2. The van der Waals surface area contributed by atoms with Gasteiger partial charge < -0.3 is 5.73 Å². The van der Waals surface area contributed by atoms with Crippen molar-refractivity contribution in [3.05, 3.63) is 35.6 Å². The number of hydrazine groups is 1. The van der Waals surface area contributed by atoms with E-state index in [1.165, 1.54) is 12.1 Å². The summed E-state index contributed by atoms with van der Waals surface area (Å²) in [6, 6.07) is 6.43. The van der Waals surface area contributed by atoms with Gasteiger partial charge in [-0.1, -0.05) is 12.1 Å². The molecular formula is C13H18FN3O. The second-order valence-corrected chi connectivity index (χ2v) is 4.63. The minimum atomic E-state index is -0.221. The van der Waals surface area contributed by atoms with Crippen molar-refractivity contribution < 1.29 is 9.18 Å². The van der Waals surface area contributed by atoms with Crippen LogP contribution in [0.1, 0.15) is 18.4 Å². The molecule has 0 spiro atoms. The summed E-state index contributed by atoms with van der Waals surface area (Å²) in [5, 5.41) is 2.09. The van der Waals surface area contributed by atoms with Gasteiger partial charge >= 0.3 is 0 Å². The average molecular weight is 251 g/mol. The van der Waals surface area contributed by atoms with E-state index in [4.69, 9.17) is 5.73 Å². The number of carbonyl (C=O) groups excluding carboxylic acids is 1. The smallest absolute Gasteiger partial charge is 0.220 e. The van der Waals surface area contributed by atoms with Crippen molar-refractivity contribution in [1.29, 1.82) is 0 Å². The molecule has 0 unspecified atom stereocenters. The van der Waals surface area contributed by atoms with E-state index in [1.54, 1.807) is 12.1 Å². The van der Waals surface area contributed by atoms with Gasteiger partial charge in [0, 0.05) is 25.6 Å². The van der Waals surface area contributed by atoms with Gasteiger partial charge in [-0.2, -0.15) is 0 Å². The topological polar surface area (TPSA) is 58.4 Å². The van der Waals surface area contributed by atoms with Gasteiger partial charge in [-0.05, 0) is 30.5 Å². The molecule has 1 aromatic rings. The van der Waals surface area contributed by atoms with Crippen LogP contribution in [-0.2, 0) is 11.3 Å². The second kappa shape index (κ2) is 5.93. The number of benzene rings is 1. The fourth-order valence-electron chi connectivity index (χ4n) is 2.13. The molecule has 0 radical (unpaired) electrons. The summed E-state index contributed by atoms with van der Waals surface area (Å²) >= 11 is 0. The van der Waals surface area contributed by atoms with Gasteiger partial charge in [0.05, 0.1) is 0 Å². The van der Waals surface area contributed by atoms with Crippen LogP contribution >= 0.6 is 0 Å². The highest BCUT2D eigenvalue weighted by Crippen LogP contribution is 2.15. The van der Waals surface area contributed by atoms with Crippen LogP contribution in [0.25, 0.3) is 0 Å². The van der Waals surface area contributed by atoms with Gasteiger partial charge in [-0.25, -0.2) is 9.40 Å². The maximum atomic E-state index is 12.7. The Morgan fingerprint density at radius 1 is 1.33 bits per heavy atom. The van der Waals surface area contributed by atoms with Crippen molar-refractivity contribution >= 4 is 5.91 Å². The summed E-state index contributed by atoms with van der Waals surface area (Å²) in [7, 11) is 0. The molecule has 1 amide bonds. The SMILES string of the molecule is NC(=O)C1CCN(NCc2ccc(F)cc2)CC1. The van der Waals surface area contributed by atoms with E-state index in [0.717, 1.165) is 31.5 Å². The fraction of sp³-hybridized carbons (Fsp3) is 0.462. The van der Waals surface area contributed by atoms with E-state index in [1.807, 2.05) is 0 Å². The summed E-state index contributed by atoms with van der Waals surface area (Å²) in [6.45, 7) is 2.30. The van der Waals surface area contributed by atoms with E-state index < -0.39 is 0 Å². The van der Waals surface area contributed by atoms with Crippen LogP contribution in [0.2, 0.25) is 0 Å². The Kier molecular flexibility index (Phi) is 4.28. The van der Waals surface area contributed by atoms with E-state index in [9.17, 15) is 9.18 Å². The molecular weight excluding hydrogens is 233 g/mol. The molecule has 1 aliphatic rings. The molecule has 5 heteroatoms. The summed E-state index contributed by atoms with van der Waals surface area (Å²) in [6.07, 6.45) is 1.59. The number of hydrogen-bond acceptors (Lipinski definition) is 3. The number of rotatable bonds is 4. The van der Waals surface area contributed by atoms with E-state index >= 15 is 0 Å². The molecule has 0 aliphatic carbocycles. The lowest BCUT2D eigenvalue weighted by molar-refractivity contribution is -0.123. The summed E-state index contributed by atoms with van der Waals surface area (Å²) in [4.78, 5) is 11.0. The number of hydrogen-bond donors (Lipinski definition) is 2. The van der Waals surface area contributed by atoms with E-state index in [-0.39, 0.29) is 17.6 Å². The predicted octanol–water partition coefficient (Wildman–Crippen LogP) is 1.03. The summed E-state index contributed by atoms with van der Waals surface area (Å²) in [5.41, 5.74) is 9.59. The van der Waals surface area contributed by atoms with Crippen LogP contribution in [0.5, 0.6) is 0 Å². The Morgan fingerprint density at radius 2 is 1.94 bits per heavy atom. The monoisotopic (exact) mass is 251 g/mol. The Bertz CT molecular complexity index is 399. The largest absolute Gasteiger partial charge is 0.369 e. The Labute approximate surface area is 106 Å². The van der Waals surface area contributed by atoms with E-state index in [0.29, 0.717) is 6.54 Å². The third-order valence-corrected chi connectivity index (χ3v) is 3.32. The highest BCUT2D eigenvalue weighted by atomic mass is 19.1. The first kappa shape index (κ1) is 13.0. The minimum Gasteiger partial charge on any atom is -0.369 e. The van der Waals surface area contributed by atoms with Gasteiger partial charge in [0.1, 0.15) is 5.82 Å². The number of halogens is 1. The lowest BCUT2D eigenvalue weighted by Crippen LogP contribution is -2.45. The number of nitrogens with zero attached hydrogens (tertiary/aromatic N) is 1. The fourth-order valence-corrected chi connectivity index (χ4v) is 2.13. The zero-order valence-electron chi connectivity index (χ0n) is 10.2. The van der Waals surface area contributed by atoms with E-state index in [2.05, 4.69) is 10.4 Å². The molecule has 1 heterocycles. The predicted molar refractivity (Wildman–Crippen MR) is 66.7 cm³/mol. The Morgan fingerprint density at radius 3 is 2.50 bits per heavy atom. The highest BCUT2D eigenvalue weighted by Gasteiger charge is 2.22. The van der Waals surface area contributed by atoms with Crippen LogP contribution in [0.15, 0.2) is 24.3 Å². The molecule has 1 aromatic carbocycles. The molecule has 0 aromatic heterocycles. The zero-order chi connectivity index (χ0) is 13.0. The maximum absolute atomic E-state index is 12.7. The molecule has 0 bridgehead atoms. The van der Waals surface area contributed by atoms with Gasteiger partial charge in [0.25, 0.3) is 0 Å². The summed E-state index contributed by atoms with van der Waals surface area (Å²) < 4.78 is 12.7. The van der Waals surface area contributed by atoms with Crippen molar-refractivity contribution in [2.75, 3.05) is 13.1 Å². The van der Waals surface area contributed by atoms with Crippen LogP contribution < -0.4 is 11.2 Å². The maximum Gasteiger partial charge on any atom is 0.220 e. The molecule has 3 N–H and O–H groups in total. The molecule has 4 nitrogen and oxygen atoms in total. The van der Waals surface area contributed by atoms with Crippen LogP contribution in [0, 0.1) is 11.7 Å². The first-order valence-electron chi connectivity index (χ1n) is 6.17. The normalized spacial score (nSPS) is 17.8. The second-order valence-electron chi connectivity index (χ2n) is 4.63. The molecule has 98 valence electrons. The van der Waals surface area contributed by atoms with Gasteiger partial charge in [0.15, 0.2) is 0 Å². The molecule has 1 aliphatic heterocycles. The first-order chi connectivity index (χ1) is 8.65.